The number of hydrogen-bond acceptors (Lipinski definition) is 7. The van der Waals surface area contributed by atoms with Gasteiger partial charge in [-0.2, -0.15) is 0 Å². The van der Waals surface area contributed by atoms with E-state index in [0.29, 0.717) is 30.4 Å². The van der Waals surface area contributed by atoms with Crippen LogP contribution >= 0.6 is 0 Å². The molecular formula is C36H50N8O5. The number of guanidine groups is 1. The second-order valence-corrected chi connectivity index (χ2v) is 12.4. The van der Waals surface area contributed by atoms with Gasteiger partial charge in [-0.05, 0) is 49.1 Å². The maximum Gasteiger partial charge on any atom is 0.328 e. The van der Waals surface area contributed by atoms with Gasteiger partial charge in [-0.3, -0.25) is 24.8 Å². The molecule has 3 rings (SSSR count). The molecule has 2 aromatic carbocycles. The second kappa shape index (κ2) is 19.6. The van der Waals surface area contributed by atoms with Crippen molar-refractivity contribution in [1.29, 1.82) is 5.41 Å². The van der Waals surface area contributed by atoms with Gasteiger partial charge in [-0.25, -0.2) is 4.79 Å². The lowest BCUT2D eigenvalue weighted by atomic mass is 9.83. The van der Waals surface area contributed by atoms with Crippen molar-refractivity contribution in [3.63, 3.8) is 0 Å². The molecule has 0 bridgehead atoms. The average Bonchev–Trinajstić information content (AvgIpc) is 3.10. The normalized spacial score (nSPS) is 14.7. The van der Waals surface area contributed by atoms with Crippen molar-refractivity contribution in [1.82, 2.24) is 15.5 Å². The Morgan fingerprint density at radius 1 is 0.980 bits per heavy atom. The van der Waals surface area contributed by atoms with E-state index in [0.717, 1.165) is 24.8 Å². The quantitative estimate of drug-likeness (QED) is 0.0343. The fourth-order valence-corrected chi connectivity index (χ4v) is 5.92. The smallest absolute Gasteiger partial charge is 0.328 e. The number of nitrogens with two attached hydrogens (primary N) is 3. The van der Waals surface area contributed by atoms with Crippen molar-refractivity contribution < 1.29 is 23.9 Å². The van der Waals surface area contributed by atoms with Crippen LogP contribution < -0.4 is 27.8 Å². The highest BCUT2D eigenvalue weighted by Gasteiger charge is 2.37. The van der Waals surface area contributed by atoms with Crippen LogP contribution in [0.3, 0.4) is 0 Å². The molecule has 0 saturated heterocycles. The predicted octanol–water partition coefficient (Wildman–Crippen LogP) is 2.12. The number of aliphatic imine (C=N–C) groups is 1. The molecule has 0 aliphatic heterocycles. The summed E-state index contributed by atoms with van der Waals surface area (Å²) < 4.78 is 5.26. The summed E-state index contributed by atoms with van der Waals surface area (Å²) in [6.07, 6.45) is 6.27. The molecule has 0 heterocycles. The van der Waals surface area contributed by atoms with Crippen molar-refractivity contribution in [2.75, 3.05) is 20.2 Å². The fourth-order valence-electron chi connectivity index (χ4n) is 5.92. The van der Waals surface area contributed by atoms with E-state index in [9.17, 15) is 19.2 Å². The molecule has 1 saturated carbocycles. The summed E-state index contributed by atoms with van der Waals surface area (Å²) in [4.78, 5) is 60.5. The molecule has 0 radical (unpaired) electrons. The van der Waals surface area contributed by atoms with Crippen LogP contribution in [0.2, 0.25) is 0 Å². The van der Waals surface area contributed by atoms with Gasteiger partial charge in [-0.15, -0.1) is 0 Å². The van der Waals surface area contributed by atoms with E-state index in [-0.39, 0.29) is 50.3 Å². The Balaban J connectivity index is 1.88. The number of hydrogen-bond donors (Lipinski definition) is 6. The Morgan fingerprint density at radius 2 is 1.65 bits per heavy atom. The zero-order valence-electron chi connectivity index (χ0n) is 28.2. The number of ether oxygens (including phenoxy) is 1. The fraction of sp³-hybridized carbons (Fsp3) is 0.444. The minimum Gasteiger partial charge on any atom is -0.460 e. The summed E-state index contributed by atoms with van der Waals surface area (Å²) >= 11 is 0. The molecule has 13 nitrogen and oxygen atoms in total. The van der Waals surface area contributed by atoms with Crippen LogP contribution in [0.1, 0.15) is 61.6 Å². The summed E-state index contributed by atoms with van der Waals surface area (Å²) in [5, 5.41) is 13.4. The Kier molecular flexibility index (Phi) is 15.3. The van der Waals surface area contributed by atoms with Crippen LogP contribution in [0, 0.1) is 17.2 Å². The summed E-state index contributed by atoms with van der Waals surface area (Å²) in [5.74, 6) is -3.71. The van der Waals surface area contributed by atoms with Crippen LogP contribution in [-0.4, -0.2) is 72.7 Å². The van der Waals surface area contributed by atoms with E-state index in [4.69, 9.17) is 27.3 Å². The van der Waals surface area contributed by atoms with Gasteiger partial charge in [0.25, 0.3) is 0 Å². The van der Waals surface area contributed by atoms with E-state index in [1.807, 2.05) is 30.3 Å². The minimum absolute atomic E-state index is 0.0322. The molecule has 1 aliphatic rings. The van der Waals surface area contributed by atoms with Gasteiger partial charge in [0.2, 0.25) is 17.7 Å². The van der Waals surface area contributed by atoms with Gasteiger partial charge >= 0.3 is 5.97 Å². The number of esters is 1. The third kappa shape index (κ3) is 12.4. The Labute approximate surface area is 288 Å². The van der Waals surface area contributed by atoms with E-state index in [1.54, 1.807) is 31.3 Å². The van der Waals surface area contributed by atoms with Crippen LogP contribution in [0.5, 0.6) is 0 Å². The summed E-state index contributed by atoms with van der Waals surface area (Å²) in [7, 11) is 1.64. The van der Waals surface area contributed by atoms with Gasteiger partial charge in [0, 0.05) is 25.7 Å². The van der Waals surface area contributed by atoms with E-state index in [2.05, 4.69) is 22.2 Å². The number of nitrogens with zero attached hydrogens (tertiary/aromatic N) is 2. The molecule has 13 heteroatoms. The number of amides is 3. The zero-order valence-corrected chi connectivity index (χ0v) is 28.2. The number of nitrogen functional groups attached to an aromatic ring is 1. The van der Waals surface area contributed by atoms with E-state index in [1.165, 1.54) is 11.0 Å². The Bertz CT molecular complexity index is 1450. The van der Waals surface area contributed by atoms with Gasteiger partial charge in [-0.1, -0.05) is 86.5 Å². The van der Waals surface area contributed by atoms with Gasteiger partial charge < -0.3 is 37.5 Å². The lowest BCUT2D eigenvalue weighted by Gasteiger charge is -2.32. The molecule has 3 atom stereocenters. The molecule has 49 heavy (non-hydrogen) atoms. The number of rotatable bonds is 18. The van der Waals surface area contributed by atoms with E-state index < -0.39 is 41.7 Å². The first-order chi connectivity index (χ1) is 23.5. The first-order valence-corrected chi connectivity index (χ1v) is 16.7. The van der Waals surface area contributed by atoms with Crippen molar-refractivity contribution in [2.24, 2.45) is 34.0 Å². The van der Waals surface area contributed by atoms with E-state index >= 15 is 0 Å². The molecule has 2 aromatic rings. The number of carbonyl (C=O) groups is 4. The van der Waals surface area contributed by atoms with Crippen LogP contribution in [0.25, 0.3) is 0 Å². The third-order valence-corrected chi connectivity index (χ3v) is 8.55. The largest absolute Gasteiger partial charge is 0.460 e. The summed E-state index contributed by atoms with van der Waals surface area (Å²) in [5.41, 5.74) is 18.6. The van der Waals surface area contributed by atoms with Crippen LogP contribution in [-0.2, 0) is 36.9 Å². The van der Waals surface area contributed by atoms with Crippen LogP contribution in [0.4, 0.5) is 0 Å². The Hall–Kier alpha value is -5.20. The number of benzene rings is 2. The first kappa shape index (κ1) is 38.2. The lowest BCUT2D eigenvalue weighted by molar-refractivity contribution is -0.147. The molecule has 1 fully saturated rings. The molecule has 0 aromatic heterocycles. The number of nitrogens with one attached hydrogen (secondary N) is 3. The number of carbonyl (C=O) groups excluding carboxylic acids is 4. The van der Waals surface area contributed by atoms with Gasteiger partial charge in [0.1, 0.15) is 30.4 Å². The van der Waals surface area contributed by atoms with Gasteiger partial charge in [0.15, 0.2) is 5.96 Å². The molecular weight excluding hydrogens is 624 g/mol. The van der Waals surface area contributed by atoms with Crippen molar-refractivity contribution in [3.05, 3.63) is 83.9 Å². The molecule has 0 spiro atoms. The highest BCUT2D eigenvalue weighted by atomic mass is 16.5. The zero-order chi connectivity index (χ0) is 35.8. The topological polar surface area (TPSA) is 219 Å². The third-order valence-electron chi connectivity index (χ3n) is 8.55. The van der Waals surface area contributed by atoms with Crippen molar-refractivity contribution in [3.8, 4) is 0 Å². The second-order valence-electron chi connectivity index (χ2n) is 12.4. The highest BCUT2D eigenvalue weighted by Crippen LogP contribution is 2.27. The number of amidine groups is 1. The SMILES string of the molecule is C=CCOC(=O)C(CCCN=C(N)N)NC(=O)[C@@H](NC(=O)[C@H](Cc1ccc(C(=N)N)cc1)C(=O)N(C)Cc1ccccc1)C1CCCCC1. The molecule has 1 aliphatic carbocycles. The van der Waals surface area contributed by atoms with Gasteiger partial charge in [0.05, 0.1) is 0 Å². The molecule has 1 unspecified atom stereocenters. The maximum absolute atomic E-state index is 14.2. The monoisotopic (exact) mass is 674 g/mol. The average molecular weight is 675 g/mol. The predicted molar refractivity (Wildman–Crippen MR) is 189 cm³/mol. The summed E-state index contributed by atoms with van der Waals surface area (Å²) in [6.45, 7) is 4.08. The lowest BCUT2D eigenvalue weighted by Crippen LogP contribution is -2.57. The molecule has 264 valence electrons. The Morgan fingerprint density at radius 3 is 2.27 bits per heavy atom. The first-order valence-electron chi connectivity index (χ1n) is 16.7. The van der Waals surface area contributed by atoms with Crippen molar-refractivity contribution >= 4 is 35.5 Å². The minimum atomic E-state index is -1.16. The highest BCUT2D eigenvalue weighted by molar-refractivity contribution is 6.02. The summed E-state index contributed by atoms with van der Waals surface area (Å²) in [6, 6.07) is 14.2. The molecule has 3 amide bonds. The van der Waals surface area contributed by atoms with Crippen molar-refractivity contribution in [2.45, 2.75) is 70.0 Å². The maximum atomic E-state index is 14.2. The van der Waals surface area contributed by atoms with Crippen LogP contribution in [0.15, 0.2) is 72.2 Å². The standard InChI is InChI=1S/C36H50N8O5/c1-3-21-49-35(48)29(15-10-20-41-36(39)40)42-33(46)30(26-13-8-5-9-14-26)43-32(45)28(22-24-16-18-27(19-17-24)31(37)38)34(47)44(2)23-25-11-6-4-7-12-25/h3-4,6-7,11-12,16-19,26,28-30H,1,5,8-10,13-15,20-23H2,2H3,(H3,37,38)(H,42,46)(H,43,45)(H4,39,40,41)/t28-,29?,30-/m0/s1. The molecule has 9 N–H and O–H groups in total.